The van der Waals surface area contributed by atoms with Crippen molar-refractivity contribution in [3.8, 4) is 5.75 Å². The number of nitrogens with zero attached hydrogens (tertiary/aromatic N) is 2. The molecule has 138 valence electrons. The Balaban J connectivity index is 1.73. The maximum Gasteiger partial charge on any atom is 0.271 e. The van der Waals surface area contributed by atoms with Crippen LogP contribution in [0.2, 0.25) is 0 Å². The number of carbonyl (C=O) groups is 1. The van der Waals surface area contributed by atoms with Crippen molar-refractivity contribution >= 4 is 28.6 Å². The summed E-state index contributed by atoms with van der Waals surface area (Å²) in [7, 11) is 0. The van der Waals surface area contributed by atoms with Crippen LogP contribution in [0.15, 0.2) is 65.8 Å². The summed E-state index contributed by atoms with van der Waals surface area (Å²) in [6.45, 7) is 6.03. The zero-order valence-electron chi connectivity index (χ0n) is 15.5. The summed E-state index contributed by atoms with van der Waals surface area (Å²) in [6, 6.07) is 18.6. The van der Waals surface area contributed by atoms with Crippen LogP contribution in [0.3, 0.4) is 0 Å². The lowest BCUT2D eigenvalue weighted by Crippen LogP contribution is -2.22. The third-order valence-electron chi connectivity index (χ3n) is 4.57. The number of rotatable bonds is 6. The zero-order valence-corrected chi connectivity index (χ0v) is 15.5. The van der Waals surface area contributed by atoms with Crippen molar-refractivity contribution in [2.75, 3.05) is 18.0 Å². The minimum Gasteiger partial charge on any atom is -0.507 e. The highest BCUT2D eigenvalue weighted by Gasteiger charge is 2.07. The monoisotopic (exact) mass is 361 g/mol. The van der Waals surface area contributed by atoms with Gasteiger partial charge in [-0.25, -0.2) is 5.43 Å². The lowest BCUT2D eigenvalue weighted by atomic mass is 10.0. The molecule has 0 spiro atoms. The molecule has 0 fully saturated rings. The normalized spacial score (nSPS) is 11.0. The van der Waals surface area contributed by atoms with Crippen LogP contribution in [0.25, 0.3) is 10.8 Å². The summed E-state index contributed by atoms with van der Waals surface area (Å²) in [4.78, 5) is 14.5. The van der Waals surface area contributed by atoms with Gasteiger partial charge in [-0.2, -0.15) is 5.10 Å². The smallest absolute Gasteiger partial charge is 0.271 e. The summed E-state index contributed by atoms with van der Waals surface area (Å²) in [5.74, 6) is -0.174. The molecule has 0 aliphatic carbocycles. The van der Waals surface area contributed by atoms with Crippen LogP contribution in [0.5, 0.6) is 5.75 Å². The van der Waals surface area contributed by atoms with Crippen molar-refractivity contribution < 1.29 is 9.90 Å². The van der Waals surface area contributed by atoms with Crippen LogP contribution < -0.4 is 10.3 Å². The SMILES string of the molecule is CCN(CC)c1ccc(C(=O)N/N=C/c2c(O)ccc3ccccc23)cc1. The van der Waals surface area contributed by atoms with Crippen LogP contribution in [-0.4, -0.2) is 30.3 Å². The molecular weight excluding hydrogens is 338 g/mol. The predicted octanol–water partition coefficient (Wildman–Crippen LogP) is 4.16. The highest BCUT2D eigenvalue weighted by atomic mass is 16.3. The number of hydrogen-bond donors (Lipinski definition) is 2. The van der Waals surface area contributed by atoms with Gasteiger partial charge in [-0.3, -0.25) is 4.79 Å². The fraction of sp³-hybridized carbons (Fsp3) is 0.182. The minimum atomic E-state index is -0.294. The predicted molar refractivity (Wildman–Crippen MR) is 111 cm³/mol. The van der Waals surface area contributed by atoms with E-state index < -0.39 is 0 Å². The quantitative estimate of drug-likeness (QED) is 0.512. The first-order valence-corrected chi connectivity index (χ1v) is 9.03. The molecule has 2 N–H and O–H groups in total. The second-order valence-electron chi connectivity index (χ2n) is 6.14. The van der Waals surface area contributed by atoms with Crippen LogP contribution in [0.4, 0.5) is 5.69 Å². The van der Waals surface area contributed by atoms with Gasteiger partial charge < -0.3 is 10.0 Å². The number of hydrogen-bond acceptors (Lipinski definition) is 4. The lowest BCUT2D eigenvalue weighted by molar-refractivity contribution is 0.0955. The average molecular weight is 361 g/mol. The Hall–Kier alpha value is -3.34. The first-order valence-electron chi connectivity index (χ1n) is 9.03. The molecule has 0 unspecified atom stereocenters. The van der Waals surface area contributed by atoms with Crippen molar-refractivity contribution in [3.05, 3.63) is 71.8 Å². The Morgan fingerprint density at radius 3 is 2.44 bits per heavy atom. The van der Waals surface area contributed by atoms with Gasteiger partial charge in [0.15, 0.2) is 0 Å². The van der Waals surface area contributed by atoms with E-state index in [1.165, 1.54) is 6.21 Å². The molecule has 27 heavy (non-hydrogen) atoms. The Bertz CT molecular complexity index is 961. The molecule has 5 nitrogen and oxygen atoms in total. The van der Waals surface area contributed by atoms with Gasteiger partial charge in [0.2, 0.25) is 0 Å². The number of anilines is 1. The van der Waals surface area contributed by atoms with Gasteiger partial charge in [0.25, 0.3) is 5.91 Å². The van der Waals surface area contributed by atoms with Crippen molar-refractivity contribution in [1.29, 1.82) is 0 Å². The van der Waals surface area contributed by atoms with E-state index in [0.29, 0.717) is 11.1 Å². The van der Waals surface area contributed by atoms with E-state index in [4.69, 9.17) is 0 Å². The topological polar surface area (TPSA) is 64.9 Å². The molecule has 1 amide bonds. The van der Waals surface area contributed by atoms with E-state index in [2.05, 4.69) is 29.3 Å². The maximum absolute atomic E-state index is 12.3. The third-order valence-corrected chi connectivity index (χ3v) is 4.57. The Kier molecular flexibility index (Phi) is 5.71. The first kappa shape index (κ1) is 18.5. The Labute approximate surface area is 158 Å². The summed E-state index contributed by atoms with van der Waals surface area (Å²) in [5, 5.41) is 16.0. The third kappa shape index (κ3) is 4.08. The summed E-state index contributed by atoms with van der Waals surface area (Å²) >= 11 is 0. The molecule has 0 saturated heterocycles. The van der Waals surface area contributed by atoms with Crippen LogP contribution >= 0.6 is 0 Å². The van der Waals surface area contributed by atoms with Crippen molar-refractivity contribution in [2.24, 2.45) is 5.10 Å². The molecule has 0 aliphatic rings. The standard InChI is InChI=1S/C22H23N3O2/c1-3-25(4-2)18-12-9-17(10-13-18)22(27)24-23-15-20-19-8-6-5-7-16(19)11-14-21(20)26/h5-15,26H,3-4H2,1-2H3,(H,24,27)/b23-15+. The largest absolute Gasteiger partial charge is 0.507 e. The number of amides is 1. The summed E-state index contributed by atoms with van der Waals surface area (Å²) in [5.41, 5.74) is 4.71. The molecule has 3 rings (SSSR count). The van der Waals surface area contributed by atoms with Gasteiger partial charge in [0, 0.05) is 29.9 Å². The van der Waals surface area contributed by atoms with Crippen molar-refractivity contribution in [2.45, 2.75) is 13.8 Å². The van der Waals surface area contributed by atoms with Crippen molar-refractivity contribution in [1.82, 2.24) is 5.43 Å². The first-order chi connectivity index (χ1) is 13.1. The van der Waals surface area contributed by atoms with Gasteiger partial charge in [-0.15, -0.1) is 0 Å². The number of nitrogens with one attached hydrogen (secondary N) is 1. The van der Waals surface area contributed by atoms with E-state index in [0.717, 1.165) is 29.5 Å². The molecule has 3 aromatic rings. The number of hydrazone groups is 1. The number of phenols is 1. The second-order valence-corrected chi connectivity index (χ2v) is 6.14. The fourth-order valence-electron chi connectivity index (χ4n) is 3.05. The molecule has 0 atom stereocenters. The highest BCUT2D eigenvalue weighted by molar-refractivity contribution is 6.03. The molecule has 0 heterocycles. The Morgan fingerprint density at radius 1 is 1.04 bits per heavy atom. The average Bonchev–Trinajstić information content (AvgIpc) is 2.71. The van der Waals surface area contributed by atoms with E-state index >= 15 is 0 Å². The zero-order chi connectivity index (χ0) is 19.2. The molecule has 0 aromatic heterocycles. The number of benzene rings is 3. The van der Waals surface area contributed by atoms with Gasteiger partial charge in [0.05, 0.1) is 6.21 Å². The Morgan fingerprint density at radius 2 is 1.74 bits per heavy atom. The van der Waals surface area contributed by atoms with Gasteiger partial charge in [0.1, 0.15) is 5.75 Å². The molecule has 0 radical (unpaired) electrons. The molecule has 0 aliphatic heterocycles. The number of phenolic OH excluding ortho intramolecular Hbond substituents is 1. The van der Waals surface area contributed by atoms with E-state index in [9.17, 15) is 9.90 Å². The maximum atomic E-state index is 12.3. The van der Waals surface area contributed by atoms with Crippen molar-refractivity contribution in [3.63, 3.8) is 0 Å². The van der Waals surface area contributed by atoms with Crippen LogP contribution in [-0.2, 0) is 0 Å². The molecule has 5 heteroatoms. The molecule has 3 aromatic carbocycles. The van der Waals surface area contributed by atoms with Gasteiger partial charge in [-0.1, -0.05) is 30.3 Å². The molecule has 0 saturated carbocycles. The lowest BCUT2D eigenvalue weighted by Gasteiger charge is -2.20. The van der Waals surface area contributed by atoms with E-state index in [1.807, 2.05) is 42.5 Å². The highest BCUT2D eigenvalue weighted by Crippen LogP contribution is 2.25. The van der Waals surface area contributed by atoms with Crippen LogP contribution in [0.1, 0.15) is 29.8 Å². The second kappa shape index (κ2) is 8.36. The summed E-state index contributed by atoms with van der Waals surface area (Å²) in [6.07, 6.45) is 1.47. The van der Waals surface area contributed by atoms with Gasteiger partial charge in [-0.05, 0) is 55.0 Å². The minimum absolute atomic E-state index is 0.121. The summed E-state index contributed by atoms with van der Waals surface area (Å²) < 4.78 is 0. The molecular formula is C22H23N3O2. The number of carbonyl (C=O) groups excluding carboxylic acids is 1. The van der Waals surface area contributed by atoms with E-state index in [-0.39, 0.29) is 11.7 Å². The van der Waals surface area contributed by atoms with Crippen LogP contribution in [0, 0.1) is 0 Å². The van der Waals surface area contributed by atoms with Gasteiger partial charge >= 0.3 is 0 Å². The number of fused-ring (bicyclic) bond motifs is 1. The number of aromatic hydroxyl groups is 1. The molecule has 0 bridgehead atoms. The fourth-order valence-corrected chi connectivity index (χ4v) is 3.05. The van der Waals surface area contributed by atoms with E-state index in [1.54, 1.807) is 18.2 Å².